The molecule has 0 saturated carbocycles. The zero-order valence-corrected chi connectivity index (χ0v) is 12.8. The molecule has 3 rings (SSSR count). The lowest BCUT2D eigenvalue weighted by molar-refractivity contribution is 0.0343. The van der Waals surface area contributed by atoms with Gasteiger partial charge in [-0.15, -0.1) is 0 Å². The molecule has 1 heterocycles. The van der Waals surface area contributed by atoms with E-state index in [1.54, 1.807) is 18.2 Å². The topological polar surface area (TPSA) is 62.5 Å². The van der Waals surface area contributed by atoms with E-state index in [1.807, 2.05) is 12.1 Å². The summed E-state index contributed by atoms with van der Waals surface area (Å²) in [5.41, 5.74) is -1.62. The monoisotopic (exact) mass is 331 g/mol. The number of carbonyl (C=O) groups is 1. The van der Waals surface area contributed by atoms with Gasteiger partial charge in [0.2, 0.25) is 0 Å². The lowest BCUT2D eigenvalue weighted by Crippen LogP contribution is -2.39. The van der Waals surface area contributed by atoms with Crippen LogP contribution in [-0.2, 0) is 5.60 Å². The van der Waals surface area contributed by atoms with Crippen molar-refractivity contribution in [1.29, 1.82) is 0 Å². The van der Waals surface area contributed by atoms with Crippen LogP contribution in [0.2, 0.25) is 0 Å². The van der Waals surface area contributed by atoms with Gasteiger partial charge in [0, 0.05) is 5.39 Å². The van der Waals surface area contributed by atoms with Crippen LogP contribution >= 0.6 is 0 Å². The van der Waals surface area contributed by atoms with E-state index in [4.69, 9.17) is 4.42 Å². The summed E-state index contributed by atoms with van der Waals surface area (Å²) in [5.74, 6) is -2.62. The third-order valence-electron chi connectivity index (χ3n) is 3.74. The predicted octanol–water partition coefficient (Wildman–Crippen LogP) is 3.35. The average Bonchev–Trinajstić information content (AvgIpc) is 2.98. The molecule has 24 heavy (non-hydrogen) atoms. The number of hydrogen-bond acceptors (Lipinski definition) is 3. The molecule has 0 saturated heterocycles. The van der Waals surface area contributed by atoms with Crippen molar-refractivity contribution < 1.29 is 23.1 Å². The molecule has 124 valence electrons. The number of furan rings is 1. The second-order valence-electron chi connectivity index (χ2n) is 5.70. The Morgan fingerprint density at radius 1 is 1.17 bits per heavy atom. The Hall–Kier alpha value is -2.73. The minimum absolute atomic E-state index is 0.248. The van der Waals surface area contributed by atoms with Crippen LogP contribution in [0.3, 0.4) is 0 Å². The molecule has 0 unspecified atom stereocenters. The molecule has 0 fully saturated rings. The number of amides is 1. The summed E-state index contributed by atoms with van der Waals surface area (Å²) in [7, 11) is 0. The van der Waals surface area contributed by atoms with Gasteiger partial charge in [0.1, 0.15) is 34.1 Å². The number of halogens is 2. The van der Waals surface area contributed by atoms with Crippen LogP contribution < -0.4 is 5.32 Å². The Balaban J connectivity index is 1.78. The number of aliphatic hydroxyl groups is 1. The molecule has 0 radical (unpaired) electrons. The molecule has 0 aliphatic rings. The second-order valence-corrected chi connectivity index (χ2v) is 5.70. The summed E-state index contributed by atoms with van der Waals surface area (Å²) >= 11 is 0. The fourth-order valence-corrected chi connectivity index (χ4v) is 2.39. The molecule has 3 aromatic rings. The maximum atomic E-state index is 13.6. The second kappa shape index (κ2) is 6.05. The van der Waals surface area contributed by atoms with Crippen LogP contribution in [0.4, 0.5) is 8.78 Å². The molecule has 0 aliphatic carbocycles. The van der Waals surface area contributed by atoms with Crippen molar-refractivity contribution in [2.24, 2.45) is 0 Å². The molecule has 4 nitrogen and oxygen atoms in total. The minimum atomic E-state index is -1.53. The van der Waals surface area contributed by atoms with Crippen LogP contribution in [0.15, 0.2) is 52.9 Å². The van der Waals surface area contributed by atoms with Crippen LogP contribution in [0.5, 0.6) is 0 Å². The normalized spacial score (nSPS) is 13.7. The molecule has 1 amide bonds. The maximum absolute atomic E-state index is 13.6. The van der Waals surface area contributed by atoms with Gasteiger partial charge < -0.3 is 14.8 Å². The van der Waals surface area contributed by atoms with Crippen molar-refractivity contribution >= 4 is 16.9 Å². The average molecular weight is 331 g/mol. The van der Waals surface area contributed by atoms with Crippen LogP contribution in [-0.4, -0.2) is 17.6 Å². The number of rotatable bonds is 4. The Morgan fingerprint density at radius 2 is 1.83 bits per heavy atom. The molecule has 2 aromatic carbocycles. The van der Waals surface area contributed by atoms with Gasteiger partial charge in [-0.3, -0.25) is 4.79 Å². The molecular weight excluding hydrogens is 316 g/mol. The third kappa shape index (κ3) is 3.00. The lowest BCUT2D eigenvalue weighted by Gasteiger charge is -2.21. The van der Waals surface area contributed by atoms with Crippen LogP contribution in [0.25, 0.3) is 11.0 Å². The number of benzene rings is 2. The first kappa shape index (κ1) is 16.1. The Kier molecular flexibility index (Phi) is 4.07. The van der Waals surface area contributed by atoms with Gasteiger partial charge in [-0.25, -0.2) is 8.78 Å². The molecule has 1 aromatic heterocycles. The van der Waals surface area contributed by atoms with Gasteiger partial charge in [-0.05, 0) is 31.2 Å². The van der Waals surface area contributed by atoms with E-state index in [0.717, 1.165) is 17.5 Å². The van der Waals surface area contributed by atoms with Crippen molar-refractivity contribution in [3.63, 3.8) is 0 Å². The largest absolute Gasteiger partial charge is 0.458 e. The number of nitrogens with one attached hydrogen (secondary N) is 1. The summed E-state index contributed by atoms with van der Waals surface area (Å²) in [4.78, 5) is 12.0. The molecule has 1 atom stereocenters. The number of carbonyl (C=O) groups excluding carboxylic acids is 1. The Bertz CT molecular complexity index is 849. The van der Waals surface area contributed by atoms with E-state index in [9.17, 15) is 18.7 Å². The van der Waals surface area contributed by atoms with Crippen molar-refractivity contribution in [3.8, 4) is 0 Å². The Labute approximate surface area is 136 Å². The number of para-hydroxylation sites is 1. The zero-order valence-electron chi connectivity index (χ0n) is 12.8. The predicted molar refractivity (Wildman–Crippen MR) is 84.5 cm³/mol. The summed E-state index contributed by atoms with van der Waals surface area (Å²) in [6.07, 6.45) is 0. The zero-order chi connectivity index (χ0) is 17.3. The summed E-state index contributed by atoms with van der Waals surface area (Å²) < 4.78 is 32.8. The molecule has 0 aliphatic heterocycles. The smallest absolute Gasteiger partial charge is 0.257 e. The quantitative estimate of drug-likeness (QED) is 0.771. The fraction of sp³-hybridized carbons (Fsp3) is 0.167. The lowest BCUT2D eigenvalue weighted by atomic mass is 10.0. The van der Waals surface area contributed by atoms with Crippen molar-refractivity contribution in [1.82, 2.24) is 5.32 Å². The molecule has 0 bridgehead atoms. The van der Waals surface area contributed by atoms with Gasteiger partial charge in [-0.1, -0.05) is 24.3 Å². The van der Waals surface area contributed by atoms with Gasteiger partial charge in [0.15, 0.2) is 0 Å². The first-order chi connectivity index (χ1) is 11.4. The van der Waals surface area contributed by atoms with Gasteiger partial charge in [0.05, 0.1) is 6.54 Å². The molecule has 2 N–H and O–H groups in total. The van der Waals surface area contributed by atoms with Crippen molar-refractivity contribution in [2.45, 2.75) is 12.5 Å². The van der Waals surface area contributed by atoms with E-state index in [2.05, 4.69) is 5.32 Å². The highest BCUT2D eigenvalue weighted by molar-refractivity contribution is 5.94. The van der Waals surface area contributed by atoms with E-state index < -0.39 is 28.7 Å². The fourth-order valence-electron chi connectivity index (χ4n) is 2.39. The van der Waals surface area contributed by atoms with E-state index in [1.165, 1.54) is 13.0 Å². The number of fused-ring (bicyclic) bond motifs is 1. The van der Waals surface area contributed by atoms with Crippen LogP contribution in [0.1, 0.15) is 23.0 Å². The summed E-state index contributed by atoms with van der Waals surface area (Å²) in [6.45, 7) is 1.18. The van der Waals surface area contributed by atoms with Crippen molar-refractivity contribution in [3.05, 3.63) is 71.5 Å². The van der Waals surface area contributed by atoms with E-state index in [-0.39, 0.29) is 12.3 Å². The van der Waals surface area contributed by atoms with Gasteiger partial charge in [0.25, 0.3) is 5.91 Å². The van der Waals surface area contributed by atoms with E-state index in [0.29, 0.717) is 5.58 Å². The molecule has 0 spiro atoms. The SMILES string of the molecule is C[C@@](O)(CNC(=O)c1c(F)cccc1F)c1cc2ccccc2o1. The van der Waals surface area contributed by atoms with Gasteiger partial charge in [-0.2, -0.15) is 0 Å². The molecule has 6 heteroatoms. The standard InChI is InChI=1S/C18H15F2NO3/c1-18(23,15-9-11-5-2-3-8-14(11)24-15)10-21-17(22)16-12(19)6-4-7-13(16)20/h2-9,23H,10H2,1H3,(H,21,22)/t18-/m1/s1. The minimum Gasteiger partial charge on any atom is -0.458 e. The first-order valence-electron chi connectivity index (χ1n) is 7.32. The van der Waals surface area contributed by atoms with Crippen molar-refractivity contribution in [2.75, 3.05) is 6.54 Å². The maximum Gasteiger partial charge on any atom is 0.257 e. The number of hydrogen-bond donors (Lipinski definition) is 2. The third-order valence-corrected chi connectivity index (χ3v) is 3.74. The Morgan fingerprint density at radius 3 is 2.50 bits per heavy atom. The highest BCUT2D eigenvalue weighted by Crippen LogP contribution is 2.27. The first-order valence-corrected chi connectivity index (χ1v) is 7.32. The van der Waals surface area contributed by atoms with Crippen LogP contribution in [0, 0.1) is 11.6 Å². The molecular formula is C18H15F2NO3. The highest BCUT2D eigenvalue weighted by atomic mass is 19.1. The summed E-state index contributed by atoms with van der Waals surface area (Å²) in [5, 5.41) is 13.7. The van der Waals surface area contributed by atoms with E-state index >= 15 is 0 Å². The van der Waals surface area contributed by atoms with Gasteiger partial charge >= 0.3 is 0 Å². The summed E-state index contributed by atoms with van der Waals surface area (Å²) in [6, 6.07) is 12.0. The highest BCUT2D eigenvalue weighted by Gasteiger charge is 2.29.